The molecule has 0 saturated carbocycles. The van der Waals surface area contributed by atoms with Crippen LogP contribution >= 0.6 is 35.7 Å². The highest BCUT2D eigenvalue weighted by atomic mass is 127. The van der Waals surface area contributed by atoms with E-state index in [4.69, 9.17) is 5.73 Å². The highest BCUT2D eigenvalue weighted by molar-refractivity contribution is 14.0. The van der Waals surface area contributed by atoms with Crippen molar-refractivity contribution >= 4 is 41.7 Å². The van der Waals surface area contributed by atoms with E-state index in [-0.39, 0.29) is 28.7 Å². The van der Waals surface area contributed by atoms with Gasteiger partial charge in [-0.2, -0.15) is 0 Å². The summed E-state index contributed by atoms with van der Waals surface area (Å²) in [6.07, 6.45) is 2.76. The number of rotatable bonds is 6. The average molecular weight is 470 g/mol. The van der Waals surface area contributed by atoms with Crippen LogP contribution in [0.4, 0.5) is 0 Å². The lowest BCUT2D eigenvalue weighted by atomic mass is 10.1. The van der Waals surface area contributed by atoms with Crippen molar-refractivity contribution in [2.45, 2.75) is 43.5 Å². The standard InChI is InChI=1S/C19H26N4S.HI/c1-19(2,3)24-17-13-16(10-11-21-17)14-23-18(20)22-12-9-15-7-5-4-6-8-15;/h4-8,10-11,13H,9,12,14H2,1-3H3,(H3,20,22,23);1H. The molecule has 0 fully saturated rings. The predicted molar refractivity (Wildman–Crippen MR) is 119 cm³/mol. The molecule has 0 aliphatic heterocycles. The Balaban J connectivity index is 0.00000312. The Morgan fingerprint density at radius 3 is 2.56 bits per heavy atom. The van der Waals surface area contributed by atoms with Crippen molar-refractivity contribution in [3.05, 3.63) is 59.8 Å². The number of nitrogens with one attached hydrogen (secondary N) is 1. The van der Waals surface area contributed by atoms with Gasteiger partial charge in [0.05, 0.1) is 11.6 Å². The van der Waals surface area contributed by atoms with Gasteiger partial charge in [0.2, 0.25) is 0 Å². The van der Waals surface area contributed by atoms with Crippen LogP contribution in [-0.4, -0.2) is 22.2 Å². The topological polar surface area (TPSA) is 63.3 Å². The first-order valence-electron chi connectivity index (χ1n) is 8.14. The van der Waals surface area contributed by atoms with E-state index >= 15 is 0 Å². The molecule has 2 aromatic rings. The van der Waals surface area contributed by atoms with Gasteiger partial charge in [-0.15, -0.1) is 35.7 Å². The second kappa shape index (κ2) is 10.7. The maximum absolute atomic E-state index is 5.94. The second-order valence-electron chi connectivity index (χ2n) is 6.58. The van der Waals surface area contributed by atoms with Gasteiger partial charge in [0.1, 0.15) is 0 Å². The van der Waals surface area contributed by atoms with E-state index in [9.17, 15) is 0 Å². The number of guanidine groups is 1. The Kier molecular flexibility index (Phi) is 9.27. The van der Waals surface area contributed by atoms with Crippen molar-refractivity contribution in [1.82, 2.24) is 10.3 Å². The van der Waals surface area contributed by atoms with Gasteiger partial charge in [0, 0.05) is 17.5 Å². The van der Waals surface area contributed by atoms with Crippen molar-refractivity contribution in [3.63, 3.8) is 0 Å². The molecule has 0 unspecified atom stereocenters. The predicted octanol–water partition coefficient (Wildman–Crippen LogP) is 4.24. The zero-order valence-corrected chi connectivity index (χ0v) is 18.2. The number of aromatic nitrogens is 1. The SMILES string of the molecule is CC(C)(C)Sc1cc(CN=C(N)NCCc2ccccc2)ccn1.I. The number of aliphatic imine (C=N–C) groups is 1. The molecule has 0 radical (unpaired) electrons. The van der Waals surface area contributed by atoms with Gasteiger partial charge in [0.25, 0.3) is 0 Å². The third-order valence-electron chi connectivity index (χ3n) is 3.20. The van der Waals surface area contributed by atoms with E-state index in [0.29, 0.717) is 12.5 Å². The van der Waals surface area contributed by atoms with Gasteiger partial charge in [-0.25, -0.2) is 9.98 Å². The van der Waals surface area contributed by atoms with E-state index in [1.807, 2.05) is 30.5 Å². The van der Waals surface area contributed by atoms with Gasteiger partial charge >= 0.3 is 0 Å². The smallest absolute Gasteiger partial charge is 0.188 e. The molecule has 136 valence electrons. The summed E-state index contributed by atoms with van der Waals surface area (Å²) in [4.78, 5) is 8.81. The van der Waals surface area contributed by atoms with Crippen molar-refractivity contribution < 1.29 is 0 Å². The van der Waals surface area contributed by atoms with Crippen LogP contribution in [0.25, 0.3) is 0 Å². The second-order valence-corrected chi connectivity index (χ2v) is 8.43. The fraction of sp³-hybridized carbons (Fsp3) is 0.368. The number of nitrogens with zero attached hydrogens (tertiary/aromatic N) is 2. The zero-order valence-electron chi connectivity index (χ0n) is 15.0. The van der Waals surface area contributed by atoms with Crippen LogP contribution in [-0.2, 0) is 13.0 Å². The van der Waals surface area contributed by atoms with Gasteiger partial charge in [0.15, 0.2) is 5.96 Å². The number of nitrogens with two attached hydrogens (primary N) is 1. The molecule has 3 N–H and O–H groups in total. The first-order chi connectivity index (χ1) is 11.4. The van der Waals surface area contributed by atoms with Crippen LogP contribution in [0.3, 0.4) is 0 Å². The van der Waals surface area contributed by atoms with Crippen LogP contribution in [0.5, 0.6) is 0 Å². The summed E-state index contributed by atoms with van der Waals surface area (Å²) in [6, 6.07) is 14.4. The molecule has 0 bridgehead atoms. The Bertz CT molecular complexity index is 669. The van der Waals surface area contributed by atoms with E-state index < -0.39 is 0 Å². The molecule has 4 nitrogen and oxygen atoms in total. The zero-order chi connectivity index (χ0) is 17.4. The minimum absolute atomic E-state index is 0. The number of hydrogen-bond acceptors (Lipinski definition) is 3. The molecule has 0 aliphatic rings. The molecule has 6 heteroatoms. The molecule has 1 heterocycles. The molecule has 0 amide bonds. The Hall–Kier alpha value is -1.28. The summed E-state index contributed by atoms with van der Waals surface area (Å²) in [5.74, 6) is 0.479. The lowest BCUT2D eigenvalue weighted by molar-refractivity contribution is 0.798. The molecule has 1 aromatic carbocycles. The summed E-state index contributed by atoms with van der Waals surface area (Å²) in [5.41, 5.74) is 8.35. The molecule has 2 rings (SSSR count). The molecular formula is C19H27IN4S. The lowest BCUT2D eigenvalue weighted by Crippen LogP contribution is -2.33. The van der Waals surface area contributed by atoms with Crippen LogP contribution in [0.2, 0.25) is 0 Å². The Morgan fingerprint density at radius 1 is 1.16 bits per heavy atom. The van der Waals surface area contributed by atoms with Crippen molar-refractivity contribution in [1.29, 1.82) is 0 Å². The number of pyridine rings is 1. The molecule has 0 aliphatic carbocycles. The third-order valence-corrected chi connectivity index (χ3v) is 4.25. The van der Waals surface area contributed by atoms with Crippen molar-refractivity contribution in [2.24, 2.45) is 10.7 Å². The molecular weight excluding hydrogens is 443 g/mol. The maximum atomic E-state index is 5.94. The summed E-state index contributed by atoms with van der Waals surface area (Å²) in [5, 5.41) is 4.18. The quantitative estimate of drug-likeness (QED) is 0.287. The molecule has 1 aromatic heterocycles. The van der Waals surface area contributed by atoms with Crippen LogP contribution < -0.4 is 11.1 Å². The van der Waals surface area contributed by atoms with Crippen molar-refractivity contribution in [2.75, 3.05) is 6.54 Å². The number of thioether (sulfide) groups is 1. The largest absolute Gasteiger partial charge is 0.370 e. The van der Waals surface area contributed by atoms with E-state index in [1.54, 1.807) is 11.8 Å². The van der Waals surface area contributed by atoms with E-state index in [0.717, 1.165) is 23.6 Å². The van der Waals surface area contributed by atoms with Gasteiger partial charge in [-0.1, -0.05) is 51.1 Å². The maximum Gasteiger partial charge on any atom is 0.188 e. The summed E-state index contributed by atoms with van der Waals surface area (Å²) in [6.45, 7) is 7.88. The average Bonchev–Trinajstić information content (AvgIpc) is 2.53. The first-order valence-corrected chi connectivity index (χ1v) is 8.96. The Morgan fingerprint density at radius 2 is 1.88 bits per heavy atom. The summed E-state index contributed by atoms with van der Waals surface area (Å²) in [7, 11) is 0. The third kappa shape index (κ3) is 9.11. The minimum atomic E-state index is 0. The monoisotopic (exact) mass is 470 g/mol. The van der Waals surface area contributed by atoms with Crippen LogP contribution in [0.15, 0.2) is 58.7 Å². The molecule has 0 saturated heterocycles. The molecule has 0 atom stereocenters. The normalized spacial score (nSPS) is 11.7. The van der Waals surface area contributed by atoms with Gasteiger partial charge in [-0.3, -0.25) is 0 Å². The number of halogens is 1. The Labute approximate surface area is 172 Å². The first kappa shape index (κ1) is 21.8. The lowest BCUT2D eigenvalue weighted by Gasteiger charge is -2.16. The fourth-order valence-corrected chi connectivity index (χ4v) is 3.08. The van der Waals surface area contributed by atoms with Gasteiger partial charge < -0.3 is 11.1 Å². The van der Waals surface area contributed by atoms with Crippen LogP contribution in [0.1, 0.15) is 31.9 Å². The summed E-state index contributed by atoms with van der Waals surface area (Å²) >= 11 is 1.75. The number of benzene rings is 1. The highest BCUT2D eigenvalue weighted by Crippen LogP contribution is 2.30. The number of hydrogen-bond donors (Lipinski definition) is 2. The molecule has 0 spiro atoms. The highest BCUT2D eigenvalue weighted by Gasteiger charge is 2.13. The van der Waals surface area contributed by atoms with Crippen LogP contribution in [0, 0.1) is 0 Å². The fourth-order valence-electron chi connectivity index (χ4n) is 2.13. The minimum Gasteiger partial charge on any atom is -0.370 e. The van der Waals surface area contributed by atoms with E-state index in [2.05, 4.69) is 54.3 Å². The summed E-state index contributed by atoms with van der Waals surface area (Å²) < 4.78 is 0.146. The van der Waals surface area contributed by atoms with Crippen molar-refractivity contribution in [3.8, 4) is 0 Å². The van der Waals surface area contributed by atoms with E-state index in [1.165, 1.54) is 5.56 Å². The molecule has 25 heavy (non-hydrogen) atoms. The van der Waals surface area contributed by atoms with Gasteiger partial charge in [-0.05, 0) is 29.7 Å².